The Balaban J connectivity index is 2.21. The molecule has 0 unspecified atom stereocenters. The van der Waals surface area contributed by atoms with Gasteiger partial charge >= 0.3 is 5.97 Å². The number of nitrogens with zero attached hydrogens (tertiary/aromatic N) is 2. The van der Waals surface area contributed by atoms with Crippen LogP contribution in [0.4, 0.5) is 0 Å². The van der Waals surface area contributed by atoms with Gasteiger partial charge in [0.15, 0.2) is 11.4 Å². The first-order valence-electron chi connectivity index (χ1n) is 6.85. The van der Waals surface area contributed by atoms with Crippen molar-refractivity contribution in [1.29, 1.82) is 0 Å². The number of carboxylic acids is 1. The number of carboxylic acid groups (broad SMARTS) is 1. The normalized spacial score (nSPS) is 16.6. The van der Waals surface area contributed by atoms with Crippen LogP contribution in [0.2, 0.25) is 0 Å². The van der Waals surface area contributed by atoms with Crippen molar-refractivity contribution >= 4 is 5.97 Å². The molecule has 1 fully saturated rings. The van der Waals surface area contributed by atoms with Crippen molar-refractivity contribution in [3.63, 3.8) is 0 Å². The Labute approximate surface area is 113 Å². The second kappa shape index (κ2) is 5.99. The maximum atomic E-state index is 11.3. The molecule has 0 aliphatic heterocycles. The standard InChI is InChI=1S/C14H20N2O3/c1-9(2)13-15-8-11(12(16-13)14(17)18)19-10-6-4-3-5-7-10/h8-10H,3-7H2,1-2H3,(H,17,18). The monoisotopic (exact) mass is 264 g/mol. The average Bonchev–Trinajstić information content (AvgIpc) is 2.39. The highest BCUT2D eigenvalue weighted by Crippen LogP contribution is 2.25. The van der Waals surface area contributed by atoms with E-state index in [0.717, 1.165) is 25.7 Å². The Kier molecular flexibility index (Phi) is 4.35. The van der Waals surface area contributed by atoms with Gasteiger partial charge in [0, 0.05) is 5.92 Å². The van der Waals surface area contributed by atoms with Crippen molar-refractivity contribution in [3.05, 3.63) is 17.7 Å². The fourth-order valence-electron chi connectivity index (χ4n) is 2.26. The molecule has 0 spiro atoms. The number of aromatic nitrogens is 2. The van der Waals surface area contributed by atoms with Crippen LogP contribution >= 0.6 is 0 Å². The van der Waals surface area contributed by atoms with Gasteiger partial charge in [-0.2, -0.15) is 0 Å². The number of carbonyl (C=O) groups is 1. The van der Waals surface area contributed by atoms with E-state index in [-0.39, 0.29) is 17.7 Å². The highest BCUT2D eigenvalue weighted by Gasteiger charge is 2.21. The van der Waals surface area contributed by atoms with Gasteiger partial charge in [0.1, 0.15) is 5.82 Å². The van der Waals surface area contributed by atoms with Gasteiger partial charge in [-0.1, -0.05) is 20.3 Å². The Bertz CT molecular complexity index is 454. The van der Waals surface area contributed by atoms with Crippen molar-refractivity contribution in [2.75, 3.05) is 0 Å². The van der Waals surface area contributed by atoms with Crippen LogP contribution in [0.15, 0.2) is 6.20 Å². The third-order valence-electron chi connectivity index (χ3n) is 3.34. The third-order valence-corrected chi connectivity index (χ3v) is 3.34. The molecule has 1 N–H and O–H groups in total. The first kappa shape index (κ1) is 13.8. The first-order valence-corrected chi connectivity index (χ1v) is 6.85. The van der Waals surface area contributed by atoms with Gasteiger partial charge in [-0.25, -0.2) is 14.8 Å². The predicted octanol–water partition coefficient (Wildman–Crippen LogP) is 3.01. The smallest absolute Gasteiger partial charge is 0.358 e. The molecule has 0 bridgehead atoms. The lowest BCUT2D eigenvalue weighted by molar-refractivity contribution is 0.0677. The molecule has 1 aromatic rings. The topological polar surface area (TPSA) is 72.3 Å². The average molecular weight is 264 g/mol. The highest BCUT2D eigenvalue weighted by molar-refractivity contribution is 5.88. The van der Waals surface area contributed by atoms with Crippen LogP contribution in [0, 0.1) is 0 Å². The van der Waals surface area contributed by atoms with Gasteiger partial charge in [-0.3, -0.25) is 0 Å². The second-order valence-corrected chi connectivity index (χ2v) is 5.28. The summed E-state index contributed by atoms with van der Waals surface area (Å²) >= 11 is 0. The quantitative estimate of drug-likeness (QED) is 0.905. The first-order chi connectivity index (χ1) is 9.08. The molecule has 5 nitrogen and oxygen atoms in total. The largest absolute Gasteiger partial charge is 0.486 e. The van der Waals surface area contributed by atoms with Crippen LogP contribution in [-0.4, -0.2) is 27.1 Å². The summed E-state index contributed by atoms with van der Waals surface area (Å²) in [6.45, 7) is 3.87. The lowest BCUT2D eigenvalue weighted by Crippen LogP contribution is -2.21. The minimum atomic E-state index is -1.06. The van der Waals surface area contributed by atoms with E-state index in [1.807, 2.05) is 13.8 Å². The summed E-state index contributed by atoms with van der Waals surface area (Å²) in [5.41, 5.74) is -0.0238. The molecular formula is C14H20N2O3. The van der Waals surface area contributed by atoms with E-state index in [1.165, 1.54) is 12.6 Å². The number of aromatic carboxylic acids is 1. The fraction of sp³-hybridized carbons (Fsp3) is 0.643. The number of hydrogen-bond acceptors (Lipinski definition) is 4. The van der Waals surface area contributed by atoms with Gasteiger partial charge in [-0.15, -0.1) is 0 Å². The molecule has 0 saturated heterocycles. The zero-order valence-corrected chi connectivity index (χ0v) is 11.4. The number of ether oxygens (including phenoxy) is 1. The maximum Gasteiger partial charge on any atom is 0.358 e. The Hall–Kier alpha value is -1.65. The van der Waals surface area contributed by atoms with E-state index in [2.05, 4.69) is 9.97 Å². The molecule has 104 valence electrons. The Morgan fingerprint density at radius 3 is 2.63 bits per heavy atom. The van der Waals surface area contributed by atoms with Crippen molar-refractivity contribution in [2.24, 2.45) is 0 Å². The van der Waals surface area contributed by atoms with Gasteiger partial charge < -0.3 is 9.84 Å². The molecule has 1 aliphatic carbocycles. The van der Waals surface area contributed by atoms with Crippen molar-refractivity contribution < 1.29 is 14.6 Å². The molecule has 0 atom stereocenters. The summed E-state index contributed by atoms with van der Waals surface area (Å²) < 4.78 is 5.78. The number of rotatable bonds is 4. The van der Waals surface area contributed by atoms with Crippen LogP contribution in [-0.2, 0) is 0 Å². The van der Waals surface area contributed by atoms with E-state index < -0.39 is 5.97 Å². The van der Waals surface area contributed by atoms with Crippen LogP contribution < -0.4 is 4.74 Å². The minimum Gasteiger partial charge on any atom is -0.486 e. The van der Waals surface area contributed by atoms with Gasteiger partial charge in [0.05, 0.1) is 12.3 Å². The lowest BCUT2D eigenvalue weighted by atomic mass is 9.98. The molecule has 2 rings (SSSR count). The Morgan fingerprint density at radius 2 is 2.05 bits per heavy atom. The van der Waals surface area contributed by atoms with Gasteiger partial charge in [0.2, 0.25) is 0 Å². The molecule has 1 aliphatic rings. The highest BCUT2D eigenvalue weighted by atomic mass is 16.5. The summed E-state index contributed by atoms with van der Waals surface area (Å²) in [6, 6.07) is 0. The van der Waals surface area contributed by atoms with Crippen molar-refractivity contribution in [2.45, 2.75) is 58.0 Å². The van der Waals surface area contributed by atoms with E-state index in [9.17, 15) is 9.90 Å². The summed E-state index contributed by atoms with van der Waals surface area (Å²) in [6.07, 6.45) is 7.06. The maximum absolute atomic E-state index is 11.3. The van der Waals surface area contributed by atoms with E-state index in [0.29, 0.717) is 11.6 Å². The zero-order valence-electron chi connectivity index (χ0n) is 11.4. The molecule has 0 aromatic carbocycles. The summed E-state index contributed by atoms with van der Waals surface area (Å²) in [5, 5.41) is 9.23. The second-order valence-electron chi connectivity index (χ2n) is 5.28. The lowest BCUT2D eigenvalue weighted by Gasteiger charge is -2.23. The molecule has 0 radical (unpaired) electrons. The van der Waals surface area contributed by atoms with Crippen LogP contribution in [0.1, 0.15) is 68.2 Å². The van der Waals surface area contributed by atoms with Gasteiger partial charge in [-0.05, 0) is 25.7 Å². The molecule has 1 aromatic heterocycles. The molecule has 19 heavy (non-hydrogen) atoms. The third kappa shape index (κ3) is 3.43. The SMILES string of the molecule is CC(C)c1ncc(OC2CCCCC2)c(C(=O)O)n1. The summed E-state index contributed by atoms with van der Waals surface area (Å²) in [4.78, 5) is 19.6. The van der Waals surface area contributed by atoms with Crippen LogP contribution in [0.25, 0.3) is 0 Å². The molecule has 1 saturated carbocycles. The van der Waals surface area contributed by atoms with Crippen LogP contribution in [0.5, 0.6) is 5.75 Å². The number of hydrogen-bond donors (Lipinski definition) is 1. The van der Waals surface area contributed by atoms with Gasteiger partial charge in [0.25, 0.3) is 0 Å². The molecule has 0 amide bonds. The molecule has 5 heteroatoms. The van der Waals surface area contributed by atoms with E-state index in [4.69, 9.17) is 4.74 Å². The van der Waals surface area contributed by atoms with E-state index >= 15 is 0 Å². The summed E-state index contributed by atoms with van der Waals surface area (Å²) in [5.74, 6) is -0.130. The Morgan fingerprint density at radius 1 is 1.37 bits per heavy atom. The fourth-order valence-corrected chi connectivity index (χ4v) is 2.26. The summed E-state index contributed by atoms with van der Waals surface area (Å²) in [7, 11) is 0. The minimum absolute atomic E-state index is 0.0238. The van der Waals surface area contributed by atoms with E-state index in [1.54, 1.807) is 0 Å². The van der Waals surface area contributed by atoms with Crippen LogP contribution in [0.3, 0.4) is 0 Å². The van der Waals surface area contributed by atoms with Crippen molar-refractivity contribution in [1.82, 2.24) is 9.97 Å². The van der Waals surface area contributed by atoms with Crippen molar-refractivity contribution in [3.8, 4) is 5.75 Å². The molecule has 1 heterocycles. The predicted molar refractivity (Wildman–Crippen MR) is 70.6 cm³/mol. The molecular weight excluding hydrogens is 244 g/mol. The zero-order chi connectivity index (χ0) is 13.8.